The highest BCUT2D eigenvalue weighted by molar-refractivity contribution is 14.1. The first-order chi connectivity index (χ1) is 8.45. The van der Waals surface area contributed by atoms with Crippen LogP contribution in [0.4, 0.5) is 5.82 Å². The lowest BCUT2D eigenvalue weighted by Crippen LogP contribution is -2.36. The van der Waals surface area contributed by atoms with Crippen molar-refractivity contribution in [3.8, 4) is 0 Å². The van der Waals surface area contributed by atoms with Gasteiger partial charge in [-0.25, -0.2) is 4.79 Å². The first-order valence-corrected chi connectivity index (χ1v) is 6.20. The molecule has 9 heteroatoms. The van der Waals surface area contributed by atoms with Crippen LogP contribution in [0.1, 0.15) is 6.23 Å². The highest BCUT2D eigenvalue weighted by Gasteiger charge is 2.43. The summed E-state index contributed by atoms with van der Waals surface area (Å²) in [6.07, 6.45) is -3.23. The third kappa shape index (κ3) is 2.23. The van der Waals surface area contributed by atoms with Gasteiger partial charge in [0, 0.05) is 6.20 Å². The number of rotatable bonds is 2. The van der Waals surface area contributed by atoms with Crippen LogP contribution < -0.4 is 11.4 Å². The second-order valence-electron chi connectivity index (χ2n) is 3.89. The van der Waals surface area contributed by atoms with E-state index >= 15 is 0 Å². The fourth-order valence-electron chi connectivity index (χ4n) is 1.75. The van der Waals surface area contributed by atoms with Crippen LogP contribution in [0, 0.1) is 3.57 Å². The molecule has 0 saturated carbocycles. The number of hydrogen-bond donors (Lipinski definition) is 4. The van der Waals surface area contributed by atoms with Gasteiger partial charge in [-0.05, 0) is 22.6 Å². The number of aromatic nitrogens is 2. The van der Waals surface area contributed by atoms with Gasteiger partial charge in [0.2, 0.25) is 0 Å². The molecule has 0 bridgehead atoms. The molecule has 4 atom stereocenters. The topological polar surface area (TPSA) is 131 Å². The van der Waals surface area contributed by atoms with E-state index in [-0.39, 0.29) is 5.82 Å². The van der Waals surface area contributed by atoms with Crippen LogP contribution in [0.3, 0.4) is 0 Å². The van der Waals surface area contributed by atoms with E-state index < -0.39 is 36.8 Å². The quantitative estimate of drug-likeness (QED) is 0.443. The van der Waals surface area contributed by atoms with Gasteiger partial charge in [0.1, 0.15) is 24.1 Å². The van der Waals surface area contributed by atoms with Gasteiger partial charge in [0.15, 0.2) is 6.23 Å². The molecule has 1 saturated heterocycles. The smallest absolute Gasteiger partial charge is 0.351 e. The van der Waals surface area contributed by atoms with E-state index in [4.69, 9.17) is 15.6 Å². The molecule has 2 heterocycles. The Morgan fingerprint density at radius 2 is 2.17 bits per heavy atom. The lowest BCUT2D eigenvalue weighted by atomic mass is 10.1. The van der Waals surface area contributed by atoms with Crippen LogP contribution in [-0.4, -0.2) is 49.8 Å². The second-order valence-corrected chi connectivity index (χ2v) is 5.05. The monoisotopic (exact) mass is 373 g/mol. The fraction of sp³-hybridized carbons (Fsp3) is 0.556. The van der Waals surface area contributed by atoms with Gasteiger partial charge in [-0.15, -0.1) is 0 Å². The number of nitrogens with zero attached hydrogens (tertiary/aromatic N) is 2. The molecule has 8 nitrogen and oxygen atoms in total. The molecule has 0 radical (unpaired) electrons. The van der Waals surface area contributed by atoms with Crippen molar-refractivity contribution in [2.24, 2.45) is 0 Å². The lowest BCUT2D eigenvalue weighted by molar-refractivity contribution is -0.0550. The Hall–Kier alpha value is -0.750. The summed E-state index contributed by atoms with van der Waals surface area (Å²) in [6, 6.07) is 0. The number of anilines is 1. The molecule has 0 amide bonds. The molecular formula is C9H12IN3O5. The van der Waals surface area contributed by atoms with E-state index in [0.29, 0.717) is 3.57 Å². The molecule has 18 heavy (non-hydrogen) atoms. The molecule has 0 aliphatic carbocycles. The van der Waals surface area contributed by atoms with Crippen LogP contribution in [0.5, 0.6) is 0 Å². The maximum atomic E-state index is 11.7. The van der Waals surface area contributed by atoms with E-state index in [2.05, 4.69) is 4.98 Å². The van der Waals surface area contributed by atoms with Crippen LogP contribution in [-0.2, 0) is 4.74 Å². The average molecular weight is 373 g/mol. The summed E-state index contributed by atoms with van der Waals surface area (Å²) in [4.78, 5) is 15.2. The number of ether oxygens (including phenoxy) is 1. The molecule has 1 aromatic rings. The molecule has 0 aromatic carbocycles. The Labute approximate surface area is 115 Å². The third-order valence-corrected chi connectivity index (χ3v) is 3.56. The zero-order chi connectivity index (χ0) is 13.4. The number of halogens is 1. The highest BCUT2D eigenvalue weighted by atomic mass is 131. The zero-order valence-electron chi connectivity index (χ0n) is 9.10. The maximum Gasteiger partial charge on any atom is 0.351 e. The summed E-state index contributed by atoms with van der Waals surface area (Å²) in [7, 11) is 0. The number of aliphatic hydroxyl groups is 3. The average Bonchev–Trinajstić information content (AvgIpc) is 2.61. The summed E-state index contributed by atoms with van der Waals surface area (Å²) in [6.45, 7) is -0.455. The van der Waals surface area contributed by atoms with E-state index in [1.165, 1.54) is 6.20 Å². The van der Waals surface area contributed by atoms with Gasteiger partial charge in [0.25, 0.3) is 0 Å². The Bertz CT molecular complexity index is 507. The molecule has 0 unspecified atom stereocenters. The van der Waals surface area contributed by atoms with Gasteiger partial charge in [-0.2, -0.15) is 4.98 Å². The Balaban J connectivity index is 2.39. The first-order valence-electron chi connectivity index (χ1n) is 5.12. The van der Waals surface area contributed by atoms with Gasteiger partial charge in [-0.3, -0.25) is 4.57 Å². The van der Waals surface area contributed by atoms with Crippen molar-refractivity contribution >= 4 is 28.4 Å². The molecule has 1 aliphatic heterocycles. The van der Waals surface area contributed by atoms with Crippen molar-refractivity contribution in [3.63, 3.8) is 0 Å². The van der Waals surface area contributed by atoms with Crippen LogP contribution in [0.2, 0.25) is 0 Å². The van der Waals surface area contributed by atoms with Crippen molar-refractivity contribution in [2.75, 3.05) is 12.3 Å². The molecule has 5 N–H and O–H groups in total. The van der Waals surface area contributed by atoms with Crippen molar-refractivity contribution in [2.45, 2.75) is 24.5 Å². The Morgan fingerprint density at radius 3 is 2.72 bits per heavy atom. The minimum absolute atomic E-state index is 0.0867. The summed E-state index contributed by atoms with van der Waals surface area (Å²) < 4.78 is 6.79. The van der Waals surface area contributed by atoms with E-state index in [9.17, 15) is 15.0 Å². The number of nitrogen functional groups attached to an aromatic ring is 1. The van der Waals surface area contributed by atoms with Crippen molar-refractivity contribution < 1.29 is 20.1 Å². The van der Waals surface area contributed by atoms with Crippen LogP contribution in [0.15, 0.2) is 11.0 Å². The highest BCUT2D eigenvalue weighted by Crippen LogP contribution is 2.28. The molecule has 1 aromatic heterocycles. The first kappa shape index (κ1) is 13.7. The predicted molar refractivity (Wildman–Crippen MR) is 68.6 cm³/mol. The van der Waals surface area contributed by atoms with Crippen molar-refractivity contribution in [1.29, 1.82) is 0 Å². The van der Waals surface area contributed by atoms with Crippen molar-refractivity contribution in [3.05, 3.63) is 20.3 Å². The van der Waals surface area contributed by atoms with Gasteiger partial charge in [-0.1, -0.05) is 0 Å². The van der Waals surface area contributed by atoms with E-state index in [1.807, 2.05) is 22.6 Å². The van der Waals surface area contributed by atoms with Crippen LogP contribution >= 0.6 is 22.6 Å². The molecule has 100 valence electrons. The SMILES string of the molecule is Nc1nc(=O)n([C@@H]2O[C@H](CO)[C@@H](O)[C@H]2O)cc1[131I]. The lowest BCUT2D eigenvalue weighted by Gasteiger charge is -2.17. The molecule has 0 spiro atoms. The molecular weight excluding hydrogens is 361 g/mol. The largest absolute Gasteiger partial charge is 0.394 e. The summed E-state index contributed by atoms with van der Waals surface area (Å²) in [5.41, 5.74) is 4.79. The second kappa shape index (κ2) is 5.09. The fourth-order valence-corrected chi connectivity index (χ4v) is 2.17. The summed E-state index contributed by atoms with van der Waals surface area (Å²) in [5, 5.41) is 28.4. The summed E-state index contributed by atoms with van der Waals surface area (Å²) in [5.74, 6) is 0.0867. The van der Waals surface area contributed by atoms with E-state index in [1.54, 1.807) is 0 Å². The van der Waals surface area contributed by atoms with E-state index in [0.717, 1.165) is 4.57 Å². The number of aliphatic hydroxyl groups excluding tert-OH is 3. The Morgan fingerprint density at radius 1 is 1.50 bits per heavy atom. The van der Waals surface area contributed by atoms with Crippen molar-refractivity contribution in [1.82, 2.24) is 9.55 Å². The normalized spacial score (nSPS) is 31.8. The third-order valence-electron chi connectivity index (χ3n) is 2.73. The Kier molecular flexibility index (Phi) is 3.87. The molecule has 1 fully saturated rings. The molecule has 1 aliphatic rings. The minimum Gasteiger partial charge on any atom is -0.394 e. The maximum absolute atomic E-state index is 11.7. The number of nitrogens with two attached hydrogens (primary N) is 1. The van der Waals surface area contributed by atoms with Crippen LogP contribution in [0.25, 0.3) is 0 Å². The predicted octanol–water partition coefficient (Wildman–Crippen LogP) is -1.96. The van der Waals surface area contributed by atoms with Gasteiger partial charge in [0.05, 0.1) is 10.2 Å². The van der Waals surface area contributed by atoms with Gasteiger partial charge < -0.3 is 25.8 Å². The molecule has 2 rings (SSSR count). The summed E-state index contributed by atoms with van der Waals surface area (Å²) >= 11 is 1.88. The number of hydrogen-bond acceptors (Lipinski definition) is 7. The minimum atomic E-state index is -1.32. The standard InChI is InChI=1S/C9H12IN3O5/c10-3-1-13(9(17)12-7(3)11)8-6(16)5(15)4(2-14)18-8/h1,4-6,8,14-16H,2H2,(H2,11,12,17)/t4-,5-,6-,8-/m1/s1/i10+4. The zero-order valence-corrected chi connectivity index (χ0v) is 11.3. The van der Waals surface area contributed by atoms with Gasteiger partial charge >= 0.3 is 5.69 Å².